The van der Waals surface area contributed by atoms with Crippen LogP contribution in [0, 0.1) is 17.8 Å². The fraction of sp³-hybridized carbons (Fsp3) is 0.680. The van der Waals surface area contributed by atoms with E-state index in [1.165, 1.54) is 68.2 Å². The van der Waals surface area contributed by atoms with E-state index in [2.05, 4.69) is 58.7 Å². The molecule has 1 N–H and O–H groups in total. The van der Waals surface area contributed by atoms with E-state index in [0.717, 1.165) is 12.5 Å². The van der Waals surface area contributed by atoms with Gasteiger partial charge >= 0.3 is 0 Å². The molecule has 2 aliphatic rings. The Balaban J connectivity index is 2.22. The van der Waals surface area contributed by atoms with Crippen molar-refractivity contribution in [3.05, 3.63) is 46.7 Å². The molecule has 1 nitrogen and oxygen atoms in total. The molecular weight excluding hydrogens is 314 g/mol. The highest BCUT2D eigenvalue weighted by Crippen LogP contribution is 2.40. The second kappa shape index (κ2) is 10.2. The molecule has 0 saturated heterocycles. The lowest BCUT2D eigenvalue weighted by molar-refractivity contribution is 0.548. The van der Waals surface area contributed by atoms with Crippen molar-refractivity contribution in [2.45, 2.75) is 86.0 Å². The number of unbranched alkanes of at least 4 members (excludes halogenated alkanes) is 2. The molecule has 0 fully saturated rings. The van der Waals surface area contributed by atoms with Crippen molar-refractivity contribution in [3.63, 3.8) is 0 Å². The summed E-state index contributed by atoms with van der Waals surface area (Å²) in [6.07, 6.45) is 15.2. The van der Waals surface area contributed by atoms with Gasteiger partial charge in [0.05, 0.1) is 0 Å². The van der Waals surface area contributed by atoms with Crippen molar-refractivity contribution in [1.82, 2.24) is 5.32 Å². The lowest BCUT2D eigenvalue weighted by Gasteiger charge is -2.33. The Morgan fingerprint density at radius 1 is 1.23 bits per heavy atom. The number of nitrogens with one attached hydrogen (secondary N) is 1. The summed E-state index contributed by atoms with van der Waals surface area (Å²) in [5.74, 6) is 1.84. The molecule has 1 heteroatoms. The van der Waals surface area contributed by atoms with E-state index >= 15 is 0 Å². The molecule has 2 atom stereocenters. The van der Waals surface area contributed by atoms with Gasteiger partial charge in [0.2, 0.25) is 0 Å². The summed E-state index contributed by atoms with van der Waals surface area (Å²) in [5.41, 5.74) is 7.28. The minimum Gasteiger partial charge on any atom is -0.385 e. The first-order valence-electron chi connectivity index (χ1n) is 11.0. The molecule has 0 bridgehead atoms. The van der Waals surface area contributed by atoms with E-state index in [0.29, 0.717) is 11.8 Å². The summed E-state index contributed by atoms with van der Waals surface area (Å²) >= 11 is 0. The minimum absolute atomic E-state index is 0.532. The van der Waals surface area contributed by atoms with Gasteiger partial charge in [0, 0.05) is 18.2 Å². The summed E-state index contributed by atoms with van der Waals surface area (Å²) in [5, 5.41) is 3.81. The summed E-state index contributed by atoms with van der Waals surface area (Å²) in [6.45, 7) is 17.2. The minimum atomic E-state index is 0.532. The highest BCUT2D eigenvalue weighted by atomic mass is 14.9. The molecule has 0 aromatic carbocycles. The lowest BCUT2D eigenvalue weighted by Crippen LogP contribution is -2.26. The zero-order valence-corrected chi connectivity index (χ0v) is 18.0. The number of allylic oxidation sites excluding steroid dienone is 5. The van der Waals surface area contributed by atoms with Gasteiger partial charge in [0.1, 0.15) is 0 Å². The summed E-state index contributed by atoms with van der Waals surface area (Å²) in [7, 11) is 0. The first kappa shape index (κ1) is 21.1. The van der Waals surface area contributed by atoms with Crippen LogP contribution in [-0.4, -0.2) is 6.54 Å². The third kappa shape index (κ3) is 5.63. The van der Waals surface area contributed by atoms with Crippen molar-refractivity contribution in [2.24, 2.45) is 17.8 Å². The van der Waals surface area contributed by atoms with Crippen LogP contribution in [0.5, 0.6) is 0 Å². The highest BCUT2D eigenvalue weighted by Gasteiger charge is 2.27. The largest absolute Gasteiger partial charge is 0.385 e. The number of hydrogen-bond acceptors (Lipinski definition) is 1. The second-order valence-corrected chi connectivity index (χ2v) is 8.87. The molecule has 0 amide bonds. The average Bonchev–Trinajstić information content (AvgIpc) is 2.59. The van der Waals surface area contributed by atoms with E-state index in [1.807, 2.05) is 0 Å². The molecule has 2 aliphatic carbocycles. The van der Waals surface area contributed by atoms with Gasteiger partial charge in [-0.2, -0.15) is 0 Å². The van der Waals surface area contributed by atoms with Gasteiger partial charge in [0.25, 0.3) is 0 Å². The summed E-state index contributed by atoms with van der Waals surface area (Å²) < 4.78 is 0. The van der Waals surface area contributed by atoms with E-state index in [9.17, 15) is 0 Å². The zero-order chi connectivity index (χ0) is 19.1. The topological polar surface area (TPSA) is 12.0 Å². The zero-order valence-electron chi connectivity index (χ0n) is 18.0. The van der Waals surface area contributed by atoms with Crippen LogP contribution in [0.4, 0.5) is 0 Å². The Labute approximate surface area is 162 Å². The normalized spacial score (nSPS) is 24.0. The molecule has 26 heavy (non-hydrogen) atoms. The Kier molecular flexibility index (Phi) is 8.25. The summed E-state index contributed by atoms with van der Waals surface area (Å²) in [4.78, 5) is 0. The predicted molar refractivity (Wildman–Crippen MR) is 116 cm³/mol. The van der Waals surface area contributed by atoms with E-state index in [4.69, 9.17) is 0 Å². The van der Waals surface area contributed by atoms with Crippen LogP contribution in [0.3, 0.4) is 0 Å². The smallest absolute Gasteiger partial charge is 0.0408 e. The number of rotatable bonds is 9. The maximum absolute atomic E-state index is 4.57. The van der Waals surface area contributed by atoms with Gasteiger partial charge in [-0.05, 0) is 74.0 Å². The molecule has 0 saturated carbocycles. The van der Waals surface area contributed by atoms with E-state index in [1.54, 1.807) is 11.1 Å². The van der Waals surface area contributed by atoms with Crippen LogP contribution in [0.25, 0.3) is 0 Å². The van der Waals surface area contributed by atoms with Gasteiger partial charge in [0.15, 0.2) is 0 Å². The lowest BCUT2D eigenvalue weighted by atomic mass is 9.75. The number of hydrogen-bond donors (Lipinski definition) is 1. The van der Waals surface area contributed by atoms with Gasteiger partial charge in [-0.3, -0.25) is 0 Å². The van der Waals surface area contributed by atoms with Crippen molar-refractivity contribution in [2.75, 3.05) is 6.54 Å². The third-order valence-corrected chi connectivity index (χ3v) is 6.00. The van der Waals surface area contributed by atoms with Crippen molar-refractivity contribution in [1.29, 1.82) is 0 Å². The van der Waals surface area contributed by atoms with Crippen LogP contribution < -0.4 is 5.32 Å². The van der Waals surface area contributed by atoms with Crippen LogP contribution in [-0.2, 0) is 0 Å². The SMILES string of the molecule is C=C1C(C2C=C(C)CCC2)=CC(C)C(CCCCC)=C1NCCC(C)C. The third-order valence-electron chi connectivity index (χ3n) is 6.00. The molecular formula is C25H41N. The van der Waals surface area contributed by atoms with Crippen molar-refractivity contribution in [3.8, 4) is 0 Å². The molecule has 0 spiro atoms. The maximum Gasteiger partial charge on any atom is 0.0408 e. The molecule has 0 aliphatic heterocycles. The molecule has 0 radical (unpaired) electrons. The molecule has 0 aromatic rings. The second-order valence-electron chi connectivity index (χ2n) is 8.87. The van der Waals surface area contributed by atoms with E-state index < -0.39 is 0 Å². The highest BCUT2D eigenvalue weighted by molar-refractivity contribution is 5.53. The molecule has 2 unspecified atom stereocenters. The van der Waals surface area contributed by atoms with Gasteiger partial charge in [-0.25, -0.2) is 0 Å². The van der Waals surface area contributed by atoms with Gasteiger partial charge in [-0.1, -0.05) is 64.8 Å². The first-order chi connectivity index (χ1) is 12.4. The Bertz CT molecular complexity index is 573. The van der Waals surface area contributed by atoms with Crippen LogP contribution in [0.15, 0.2) is 46.7 Å². The molecule has 146 valence electrons. The Hall–Kier alpha value is -1.24. The van der Waals surface area contributed by atoms with Crippen LogP contribution in [0.2, 0.25) is 0 Å². The van der Waals surface area contributed by atoms with Crippen LogP contribution in [0.1, 0.15) is 86.0 Å². The maximum atomic E-state index is 4.57. The van der Waals surface area contributed by atoms with Crippen LogP contribution >= 0.6 is 0 Å². The summed E-state index contributed by atoms with van der Waals surface area (Å²) in [6, 6.07) is 0. The molecule has 2 rings (SSSR count). The fourth-order valence-corrected chi connectivity index (χ4v) is 4.36. The monoisotopic (exact) mass is 355 g/mol. The first-order valence-corrected chi connectivity index (χ1v) is 11.0. The van der Waals surface area contributed by atoms with Crippen molar-refractivity contribution >= 4 is 0 Å². The Morgan fingerprint density at radius 3 is 2.65 bits per heavy atom. The molecule has 0 heterocycles. The quantitative estimate of drug-likeness (QED) is 0.337. The van der Waals surface area contributed by atoms with E-state index in [-0.39, 0.29) is 0 Å². The van der Waals surface area contributed by atoms with Gasteiger partial charge < -0.3 is 5.32 Å². The fourth-order valence-electron chi connectivity index (χ4n) is 4.36. The van der Waals surface area contributed by atoms with Crippen molar-refractivity contribution < 1.29 is 0 Å². The standard InChI is InChI=1S/C25H41N/c1-7-8-9-13-23-20(5)17-24(22-12-10-11-19(4)16-22)21(6)25(23)26-15-14-18(2)3/h16-18,20,22,26H,6-15H2,1-5H3. The van der Waals surface area contributed by atoms with Gasteiger partial charge in [-0.15, -0.1) is 0 Å². The Morgan fingerprint density at radius 2 is 2.00 bits per heavy atom. The molecule has 0 aromatic heterocycles. The average molecular weight is 356 g/mol. The predicted octanol–water partition coefficient (Wildman–Crippen LogP) is 7.34.